The van der Waals surface area contributed by atoms with E-state index in [4.69, 9.17) is 5.26 Å². The van der Waals surface area contributed by atoms with Crippen LogP contribution in [0.3, 0.4) is 0 Å². The number of nitrogens with zero attached hydrogens (tertiary/aromatic N) is 2. The number of hydrogen-bond acceptors (Lipinski definition) is 2. The minimum absolute atomic E-state index is 0.178. The van der Waals surface area contributed by atoms with Crippen LogP contribution in [0.25, 0.3) is 0 Å². The zero-order valence-electron chi connectivity index (χ0n) is 4.00. The molecule has 2 nitrogen and oxygen atoms in total. The van der Waals surface area contributed by atoms with Crippen molar-refractivity contribution < 1.29 is 0 Å². The molecule has 0 atom stereocenters. The maximum atomic E-state index is 8.26. The Morgan fingerprint density at radius 1 is 1.75 bits per heavy atom. The lowest BCUT2D eigenvalue weighted by molar-refractivity contribution is 1.42. The molecule has 3 heteroatoms. The van der Waals surface area contributed by atoms with Gasteiger partial charge in [-0.25, -0.2) is 3.15 Å². The fourth-order valence-electron chi connectivity index (χ4n) is 0.325. The van der Waals surface area contributed by atoms with E-state index in [0.717, 1.165) is 0 Å². The minimum atomic E-state index is -0.178. The molecule has 0 aromatic rings. The van der Waals surface area contributed by atoms with Gasteiger partial charge >= 0.3 is 0 Å². The van der Waals surface area contributed by atoms with E-state index in [1.54, 1.807) is 6.08 Å². The summed E-state index contributed by atoms with van der Waals surface area (Å²) in [6, 6.07) is 1.97. The fourth-order valence-corrected chi connectivity index (χ4v) is 1.45. The topological polar surface area (TPSA) is 36.1 Å². The van der Waals surface area contributed by atoms with Crippen molar-refractivity contribution in [2.75, 3.05) is 0 Å². The Kier molecular flexibility index (Phi) is 1.92. The second-order valence-electron chi connectivity index (χ2n) is 1.16. The first-order valence-corrected chi connectivity index (χ1v) is 4.25. The van der Waals surface area contributed by atoms with E-state index in [1.807, 2.05) is 16.2 Å². The van der Waals surface area contributed by atoms with Gasteiger partial charge in [0.25, 0.3) is 0 Å². The maximum Gasteiger partial charge on any atom is 0.146 e. The molecule has 0 saturated carbocycles. The van der Waals surface area contributed by atoms with Gasteiger partial charge in [0, 0.05) is 21.0 Å². The van der Waals surface area contributed by atoms with Gasteiger partial charge in [-0.3, -0.25) is 0 Å². The van der Waals surface area contributed by atoms with Crippen molar-refractivity contribution in [2.24, 2.45) is 3.15 Å². The number of halogens is 1. The summed E-state index contributed by atoms with van der Waals surface area (Å²) in [5.41, 5.74) is 0.570. The predicted octanol–water partition coefficient (Wildman–Crippen LogP) is 2.08. The molecule has 0 N–H and O–H groups in total. The Bertz CT molecular complexity index is 207. The lowest BCUT2D eigenvalue weighted by atomic mass is 10.4. The SMILES string of the molecule is N#CC1=CC=CI=N1. The van der Waals surface area contributed by atoms with Gasteiger partial charge in [0.15, 0.2) is 0 Å². The molecule has 40 valence electrons. The average molecular weight is 218 g/mol. The Balaban J connectivity index is 2.88. The van der Waals surface area contributed by atoms with Gasteiger partial charge in [-0.15, -0.1) is 0 Å². The summed E-state index contributed by atoms with van der Waals surface area (Å²) >= 11 is -0.178. The van der Waals surface area contributed by atoms with Gasteiger partial charge in [-0.1, -0.05) is 6.08 Å². The van der Waals surface area contributed by atoms with Crippen molar-refractivity contribution in [1.82, 2.24) is 0 Å². The molecule has 0 spiro atoms. The molecule has 1 aliphatic heterocycles. The third-order valence-corrected chi connectivity index (χ3v) is 2.17. The summed E-state index contributed by atoms with van der Waals surface area (Å²) in [6.07, 6.45) is 3.61. The zero-order valence-corrected chi connectivity index (χ0v) is 6.16. The largest absolute Gasteiger partial charge is 0.211 e. The highest BCUT2D eigenvalue weighted by molar-refractivity contribution is 14.2. The van der Waals surface area contributed by atoms with Crippen LogP contribution >= 0.6 is 21.0 Å². The molecule has 0 amide bonds. The minimum Gasteiger partial charge on any atom is -0.211 e. The van der Waals surface area contributed by atoms with E-state index >= 15 is 0 Å². The van der Waals surface area contributed by atoms with Gasteiger partial charge in [-0.2, -0.15) is 5.26 Å². The summed E-state index contributed by atoms with van der Waals surface area (Å²) in [7, 11) is 0. The van der Waals surface area contributed by atoms with Gasteiger partial charge in [-0.05, 0) is 10.2 Å². The van der Waals surface area contributed by atoms with E-state index in [9.17, 15) is 0 Å². The van der Waals surface area contributed by atoms with Gasteiger partial charge < -0.3 is 0 Å². The van der Waals surface area contributed by atoms with Crippen LogP contribution in [-0.4, -0.2) is 0 Å². The molecule has 0 bridgehead atoms. The van der Waals surface area contributed by atoms with E-state index in [1.165, 1.54) is 0 Å². The Hall–Kier alpha value is -0.500. The van der Waals surface area contributed by atoms with Gasteiger partial charge in [0.1, 0.15) is 11.8 Å². The van der Waals surface area contributed by atoms with Crippen molar-refractivity contribution in [3.05, 3.63) is 21.9 Å². The number of allylic oxidation sites excluding steroid dienone is 3. The highest BCUT2D eigenvalue weighted by Gasteiger charge is 1.87. The number of nitriles is 1. The molecule has 0 saturated heterocycles. The molecule has 0 aromatic heterocycles. The van der Waals surface area contributed by atoms with Crippen molar-refractivity contribution >= 4 is 21.0 Å². The Morgan fingerprint density at radius 2 is 2.62 bits per heavy atom. The van der Waals surface area contributed by atoms with Crippen LogP contribution in [-0.2, 0) is 0 Å². The van der Waals surface area contributed by atoms with Gasteiger partial charge in [0.2, 0.25) is 0 Å². The molecule has 1 rings (SSSR count). The average Bonchev–Trinajstić information content (AvgIpc) is 1.90. The van der Waals surface area contributed by atoms with Crippen LogP contribution in [0.4, 0.5) is 0 Å². The summed E-state index contributed by atoms with van der Waals surface area (Å²) in [4.78, 5) is 0. The van der Waals surface area contributed by atoms with E-state index in [0.29, 0.717) is 5.70 Å². The smallest absolute Gasteiger partial charge is 0.146 e. The first-order valence-electron chi connectivity index (χ1n) is 2.04. The monoisotopic (exact) mass is 218 g/mol. The molecule has 0 unspecified atom stereocenters. The van der Waals surface area contributed by atoms with Crippen LogP contribution in [0.1, 0.15) is 0 Å². The fraction of sp³-hybridized carbons (Fsp3) is 0. The summed E-state index contributed by atoms with van der Waals surface area (Å²) in [5, 5.41) is 8.26. The number of hydrogen-bond donors (Lipinski definition) is 0. The summed E-state index contributed by atoms with van der Waals surface area (Å²) in [6.45, 7) is 0. The van der Waals surface area contributed by atoms with Gasteiger partial charge in [0.05, 0.1) is 0 Å². The van der Waals surface area contributed by atoms with Crippen LogP contribution in [0.15, 0.2) is 25.1 Å². The third-order valence-electron chi connectivity index (χ3n) is 0.638. The second kappa shape index (κ2) is 2.72. The second-order valence-corrected chi connectivity index (χ2v) is 2.92. The molecule has 0 aromatic carbocycles. The van der Waals surface area contributed by atoms with E-state index < -0.39 is 0 Å². The van der Waals surface area contributed by atoms with Crippen LogP contribution < -0.4 is 0 Å². The van der Waals surface area contributed by atoms with Crippen molar-refractivity contribution in [3.63, 3.8) is 0 Å². The van der Waals surface area contributed by atoms with E-state index in [-0.39, 0.29) is 21.0 Å². The highest BCUT2D eigenvalue weighted by atomic mass is 127. The molecule has 8 heavy (non-hydrogen) atoms. The lowest BCUT2D eigenvalue weighted by Crippen LogP contribution is -1.67. The van der Waals surface area contributed by atoms with Crippen molar-refractivity contribution in [1.29, 1.82) is 5.26 Å². The zero-order chi connectivity index (χ0) is 5.82. The molecule has 0 aliphatic carbocycles. The number of rotatable bonds is 0. The summed E-state index contributed by atoms with van der Waals surface area (Å²) in [5.74, 6) is 0. The molecule has 1 heterocycles. The lowest BCUT2D eigenvalue weighted by Gasteiger charge is -1.85. The quantitative estimate of drug-likeness (QED) is 0.573. The molecule has 0 fully saturated rings. The highest BCUT2D eigenvalue weighted by Crippen LogP contribution is 2.13. The molecule has 1 aliphatic rings. The Morgan fingerprint density at radius 3 is 3.00 bits per heavy atom. The maximum absolute atomic E-state index is 8.26. The Labute approximate surface area is 57.7 Å². The van der Waals surface area contributed by atoms with Crippen molar-refractivity contribution in [2.45, 2.75) is 0 Å². The molecular weight excluding hydrogens is 215 g/mol. The predicted molar refractivity (Wildman–Crippen MR) is 39.3 cm³/mol. The first kappa shape index (κ1) is 5.63. The van der Waals surface area contributed by atoms with E-state index in [2.05, 4.69) is 3.15 Å². The molecule has 0 radical (unpaired) electrons. The summed E-state index contributed by atoms with van der Waals surface area (Å²) < 4.78 is 5.98. The normalized spacial score (nSPS) is 16.1. The van der Waals surface area contributed by atoms with Crippen molar-refractivity contribution in [3.8, 4) is 6.07 Å². The van der Waals surface area contributed by atoms with Crippen LogP contribution in [0.2, 0.25) is 0 Å². The standard InChI is InChI=1S/C5H3IN2/c7-4-5-2-1-3-6-8-5/h1-3H. The molecular formula is C5H3IN2. The van der Waals surface area contributed by atoms with Crippen LogP contribution in [0, 0.1) is 11.3 Å². The first-order chi connectivity index (χ1) is 3.93. The van der Waals surface area contributed by atoms with Crippen LogP contribution in [0.5, 0.6) is 0 Å². The third kappa shape index (κ3) is 1.23.